The third-order valence-corrected chi connectivity index (χ3v) is 5.08. The molecule has 0 atom stereocenters. The summed E-state index contributed by atoms with van der Waals surface area (Å²) in [6, 6.07) is 13.5. The van der Waals surface area contributed by atoms with E-state index < -0.39 is 0 Å². The van der Waals surface area contributed by atoms with Gasteiger partial charge in [-0.25, -0.2) is 15.0 Å². The lowest BCUT2D eigenvalue weighted by molar-refractivity contribution is 0.829. The zero-order valence-electron chi connectivity index (χ0n) is 14.6. The summed E-state index contributed by atoms with van der Waals surface area (Å²) >= 11 is 1.47. The maximum atomic E-state index is 13.0. The van der Waals surface area contributed by atoms with E-state index in [1.165, 1.54) is 16.0 Å². The van der Waals surface area contributed by atoms with Gasteiger partial charge in [-0.05, 0) is 45.0 Å². The Balaban J connectivity index is 1.80. The quantitative estimate of drug-likeness (QED) is 0.560. The molecule has 0 aliphatic heterocycles. The van der Waals surface area contributed by atoms with E-state index >= 15 is 0 Å². The zero-order valence-corrected chi connectivity index (χ0v) is 15.5. The number of rotatable bonds is 3. The van der Waals surface area contributed by atoms with Gasteiger partial charge >= 0.3 is 0 Å². The van der Waals surface area contributed by atoms with E-state index in [-0.39, 0.29) is 5.56 Å². The van der Waals surface area contributed by atoms with Gasteiger partial charge in [0, 0.05) is 11.4 Å². The molecule has 0 fully saturated rings. The van der Waals surface area contributed by atoms with Crippen LogP contribution >= 0.6 is 11.3 Å². The molecule has 3 aromatic heterocycles. The monoisotopic (exact) mass is 363 g/mol. The molecule has 0 saturated carbocycles. The predicted octanol–water partition coefficient (Wildman–Crippen LogP) is 3.93. The number of fused-ring (bicyclic) bond motifs is 1. The van der Waals surface area contributed by atoms with Gasteiger partial charge in [0.25, 0.3) is 5.56 Å². The van der Waals surface area contributed by atoms with E-state index in [9.17, 15) is 4.79 Å². The molecule has 0 radical (unpaired) electrons. The summed E-state index contributed by atoms with van der Waals surface area (Å²) in [4.78, 5) is 26.4. The van der Waals surface area contributed by atoms with Crippen molar-refractivity contribution in [1.82, 2.24) is 19.7 Å². The third kappa shape index (κ3) is 2.86. The maximum Gasteiger partial charge on any atom is 0.282 e. The second kappa shape index (κ2) is 6.34. The summed E-state index contributed by atoms with van der Waals surface area (Å²) in [6.07, 6.45) is 0. The summed E-state index contributed by atoms with van der Waals surface area (Å²) in [7, 11) is 0. The van der Waals surface area contributed by atoms with Crippen molar-refractivity contribution in [1.29, 1.82) is 0 Å². The van der Waals surface area contributed by atoms with Gasteiger partial charge in [-0.1, -0.05) is 29.5 Å². The number of aromatic amines is 1. The van der Waals surface area contributed by atoms with Crippen LogP contribution in [0.2, 0.25) is 0 Å². The standard InChI is InChI=1S/C19H17N5OS/c1-11-7-6-10-16(20-11)21-12(2)17-13(3)23-24(18(17)25)19-22-14-8-4-5-9-15(14)26-19/h4-10,23H,1-3H3/b21-12-. The highest BCUT2D eigenvalue weighted by Gasteiger charge is 2.17. The lowest BCUT2D eigenvalue weighted by atomic mass is 10.2. The number of nitrogens with zero attached hydrogens (tertiary/aromatic N) is 4. The fraction of sp³-hybridized carbons (Fsp3) is 0.158. The summed E-state index contributed by atoms with van der Waals surface area (Å²) < 4.78 is 2.52. The van der Waals surface area contributed by atoms with E-state index in [0.29, 0.717) is 22.2 Å². The fourth-order valence-corrected chi connectivity index (χ4v) is 3.81. The molecule has 0 aliphatic carbocycles. The number of para-hydroxylation sites is 1. The van der Waals surface area contributed by atoms with Crippen molar-refractivity contribution in [3.05, 3.63) is 69.8 Å². The molecule has 0 unspecified atom stereocenters. The molecule has 4 aromatic rings. The molecule has 0 aliphatic rings. The normalized spacial score (nSPS) is 12.0. The highest BCUT2D eigenvalue weighted by Crippen LogP contribution is 2.23. The SMILES string of the molecule is C/C(=N/c1cccc(C)n1)c1c(C)[nH]n(-c2nc3ccccc3s2)c1=O. The first kappa shape index (κ1) is 16.4. The minimum absolute atomic E-state index is 0.157. The molecular weight excluding hydrogens is 346 g/mol. The van der Waals surface area contributed by atoms with Crippen molar-refractivity contribution >= 4 is 33.1 Å². The van der Waals surface area contributed by atoms with E-state index in [2.05, 4.69) is 20.1 Å². The first-order valence-electron chi connectivity index (χ1n) is 8.20. The fourth-order valence-electron chi connectivity index (χ4n) is 2.88. The third-order valence-electron chi connectivity index (χ3n) is 4.06. The van der Waals surface area contributed by atoms with E-state index in [1.807, 2.05) is 63.2 Å². The topological polar surface area (TPSA) is 75.9 Å². The Morgan fingerprint density at radius 3 is 2.69 bits per heavy atom. The highest BCUT2D eigenvalue weighted by molar-refractivity contribution is 7.20. The van der Waals surface area contributed by atoms with E-state index in [1.54, 1.807) is 0 Å². The van der Waals surface area contributed by atoms with Crippen LogP contribution in [0.1, 0.15) is 23.9 Å². The average Bonchev–Trinajstić information content (AvgIpc) is 3.15. The van der Waals surface area contributed by atoms with Crippen LogP contribution in [-0.4, -0.2) is 25.5 Å². The Morgan fingerprint density at radius 1 is 1.12 bits per heavy atom. The molecule has 1 N–H and O–H groups in total. The summed E-state index contributed by atoms with van der Waals surface area (Å²) in [6.45, 7) is 5.60. The molecular formula is C19H17N5OS. The van der Waals surface area contributed by atoms with Crippen LogP contribution in [0.3, 0.4) is 0 Å². The number of thiazole rings is 1. The number of benzene rings is 1. The lowest BCUT2D eigenvalue weighted by Gasteiger charge is -1.99. The second-order valence-corrected chi connectivity index (χ2v) is 7.06. The molecule has 0 spiro atoms. The van der Waals surface area contributed by atoms with E-state index in [4.69, 9.17) is 0 Å². The van der Waals surface area contributed by atoms with Crippen molar-refractivity contribution in [3.8, 4) is 5.13 Å². The van der Waals surface area contributed by atoms with Crippen molar-refractivity contribution in [2.24, 2.45) is 4.99 Å². The number of aryl methyl sites for hydroxylation is 2. The van der Waals surface area contributed by atoms with Crippen LogP contribution in [0.4, 0.5) is 5.82 Å². The molecule has 0 amide bonds. The lowest BCUT2D eigenvalue weighted by Crippen LogP contribution is -2.19. The van der Waals surface area contributed by atoms with Gasteiger partial charge in [-0.3, -0.25) is 9.89 Å². The minimum atomic E-state index is -0.157. The van der Waals surface area contributed by atoms with Crippen LogP contribution in [0.5, 0.6) is 0 Å². The van der Waals surface area contributed by atoms with Crippen molar-refractivity contribution < 1.29 is 0 Å². The predicted molar refractivity (Wildman–Crippen MR) is 105 cm³/mol. The number of hydrogen-bond donors (Lipinski definition) is 1. The van der Waals surface area contributed by atoms with Gasteiger partial charge in [-0.2, -0.15) is 4.68 Å². The summed E-state index contributed by atoms with van der Waals surface area (Å²) in [5.41, 5.74) is 3.53. The van der Waals surface area contributed by atoms with Gasteiger partial charge in [0.15, 0.2) is 5.82 Å². The van der Waals surface area contributed by atoms with Crippen LogP contribution in [-0.2, 0) is 0 Å². The zero-order chi connectivity index (χ0) is 18.3. The minimum Gasteiger partial charge on any atom is -0.293 e. The van der Waals surface area contributed by atoms with Crippen LogP contribution < -0.4 is 5.56 Å². The molecule has 0 bridgehead atoms. The Morgan fingerprint density at radius 2 is 1.92 bits per heavy atom. The average molecular weight is 363 g/mol. The molecule has 7 heteroatoms. The Labute approximate surface area is 153 Å². The van der Waals surface area contributed by atoms with Gasteiger partial charge in [-0.15, -0.1) is 0 Å². The van der Waals surface area contributed by atoms with Gasteiger partial charge < -0.3 is 0 Å². The van der Waals surface area contributed by atoms with Crippen molar-refractivity contribution in [3.63, 3.8) is 0 Å². The number of pyridine rings is 1. The number of aliphatic imine (C=N–C) groups is 1. The molecule has 1 aromatic carbocycles. The largest absolute Gasteiger partial charge is 0.293 e. The maximum absolute atomic E-state index is 13.0. The molecule has 26 heavy (non-hydrogen) atoms. The van der Waals surface area contributed by atoms with Crippen LogP contribution in [0, 0.1) is 13.8 Å². The second-order valence-electron chi connectivity index (χ2n) is 6.05. The molecule has 4 rings (SSSR count). The summed E-state index contributed by atoms with van der Waals surface area (Å²) in [5.74, 6) is 0.592. The Bertz CT molecular complexity index is 1170. The number of aromatic nitrogens is 4. The smallest absolute Gasteiger partial charge is 0.282 e. The number of nitrogens with one attached hydrogen (secondary N) is 1. The van der Waals surface area contributed by atoms with Crippen molar-refractivity contribution in [2.45, 2.75) is 20.8 Å². The van der Waals surface area contributed by atoms with Gasteiger partial charge in [0.1, 0.15) is 0 Å². The van der Waals surface area contributed by atoms with Gasteiger partial charge in [0.2, 0.25) is 5.13 Å². The molecule has 6 nitrogen and oxygen atoms in total. The Hall–Kier alpha value is -3.06. The van der Waals surface area contributed by atoms with Crippen LogP contribution in [0.25, 0.3) is 15.3 Å². The highest BCUT2D eigenvalue weighted by atomic mass is 32.1. The molecule has 0 saturated heterocycles. The van der Waals surface area contributed by atoms with E-state index in [0.717, 1.165) is 21.6 Å². The molecule has 130 valence electrons. The van der Waals surface area contributed by atoms with Gasteiger partial charge in [0.05, 0.1) is 21.5 Å². The first-order valence-corrected chi connectivity index (χ1v) is 9.01. The van der Waals surface area contributed by atoms with Crippen molar-refractivity contribution in [2.75, 3.05) is 0 Å². The Kier molecular flexibility index (Phi) is 4.00. The summed E-state index contributed by atoms with van der Waals surface area (Å²) in [5, 5.41) is 3.74. The number of hydrogen-bond acceptors (Lipinski definition) is 5. The number of H-pyrrole nitrogens is 1. The first-order chi connectivity index (χ1) is 12.5. The molecule has 3 heterocycles. The van der Waals surface area contributed by atoms with Crippen LogP contribution in [0.15, 0.2) is 52.3 Å².